The maximum atomic E-state index is 12.9. The molecule has 3 rings (SSSR count). The number of nitrogens with zero attached hydrogens (tertiary/aromatic N) is 3. The first-order valence-electron chi connectivity index (χ1n) is 9.24. The van der Waals surface area contributed by atoms with Crippen molar-refractivity contribution >= 4 is 27.3 Å². The van der Waals surface area contributed by atoms with Gasteiger partial charge in [-0.1, -0.05) is 11.6 Å². The molecule has 0 N–H and O–H groups in total. The Balaban J connectivity index is 1.56. The van der Waals surface area contributed by atoms with Crippen molar-refractivity contribution in [1.29, 1.82) is 0 Å². The Kier molecular flexibility index (Phi) is 7.14. The second-order valence-electron chi connectivity index (χ2n) is 6.64. The number of methoxy groups -OCH3 is 1. The molecule has 2 aromatic rings. The fourth-order valence-electron chi connectivity index (χ4n) is 3.14. The minimum atomic E-state index is -3.83. The maximum absolute atomic E-state index is 12.9. The Hall–Kier alpha value is -2.40. The molecule has 0 spiro atoms. The molecule has 1 saturated heterocycles. The molecule has 1 aliphatic heterocycles. The van der Waals surface area contributed by atoms with Crippen molar-refractivity contribution < 1.29 is 22.8 Å². The van der Waals surface area contributed by atoms with Crippen molar-refractivity contribution in [3.63, 3.8) is 0 Å². The molecule has 0 saturated carbocycles. The number of benzene rings is 2. The van der Waals surface area contributed by atoms with Crippen LogP contribution in [0.3, 0.4) is 0 Å². The van der Waals surface area contributed by atoms with E-state index in [1.165, 1.54) is 23.5 Å². The summed E-state index contributed by atoms with van der Waals surface area (Å²) in [6, 6.07) is 10.8. The normalized spacial score (nSPS) is 15.7. The van der Waals surface area contributed by atoms with E-state index in [2.05, 4.69) is 4.90 Å². The predicted molar refractivity (Wildman–Crippen MR) is 112 cm³/mol. The molecule has 1 fully saturated rings. The molecule has 162 valence electrons. The summed E-state index contributed by atoms with van der Waals surface area (Å²) in [5.41, 5.74) is -0.378. The van der Waals surface area contributed by atoms with Crippen molar-refractivity contribution in [3.05, 3.63) is 57.6 Å². The Morgan fingerprint density at radius 1 is 1.10 bits per heavy atom. The molecule has 0 bridgehead atoms. The summed E-state index contributed by atoms with van der Waals surface area (Å²) in [5.74, 6) is 0.742. The largest absolute Gasteiger partial charge is 0.492 e. The number of sulfonamides is 1. The molecular weight excluding hydrogens is 434 g/mol. The van der Waals surface area contributed by atoms with E-state index >= 15 is 0 Å². The Labute approximate surface area is 180 Å². The van der Waals surface area contributed by atoms with E-state index in [9.17, 15) is 18.5 Å². The number of ether oxygens (including phenoxy) is 2. The molecule has 0 aliphatic carbocycles. The van der Waals surface area contributed by atoms with Crippen molar-refractivity contribution in [1.82, 2.24) is 9.21 Å². The lowest BCUT2D eigenvalue weighted by molar-refractivity contribution is -0.386. The molecule has 1 aliphatic rings. The van der Waals surface area contributed by atoms with Crippen LogP contribution >= 0.6 is 11.6 Å². The van der Waals surface area contributed by atoms with Crippen LogP contribution < -0.4 is 9.47 Å². The third-order valence-electron chi connectivity index (χ3n) is 4.81. The predicted octanol–water partition coefficient (Wildman–Crippen LogP) is 2.64. The van der Waals surface area contributed by atoms with Gasteiger partial charge in [-0.25, -0.2) is 8.42 Å². The van der Waals surface area contributed by atoms with Crippen LogP contribution in [0.4, 0.5) is 5.69 Å². The van der Waals surface area contributed by atoms with Gasteiger partial charge in [0.1, 0.15) is 12.4 Å². The van der Waals surface area contributed by atoms with Crippen molar-refractivity contribution in [2.24, 2.45) is 0 Å². The number of hydrogen-bond donors (Lipinski definition) is 0. The highest BCUT2D eigenvalue weighted by Gasteiger charge is 2.30. The zero-order valence-corrected chi connectivity index (χ0v) is 17.9. The maximum Gasteiger partial charge on any atom is 0.312 e. The van der Waals surface area contributed by atoms with E-state index in [0.717, 1.165) is 11.8 Å². The van der Waals surface area contributed by atoms with Crippen LogP contribution in [0, 0.1) is 10.1 Å². The van der Waals surface area contributed by atoms with Crippen LogP contribution in [0.1, 0.15) is 0 Å². The SMILES string of the molecule is COc1ccc(S(=O)(=O)N2CCN(CCOc3ccc(Cl)cc3)CC2)cc1[N+](=O)[O-]. The van der Waals surface area contributed by atoms with Crippen molar-refractivity contribution in [2.75, 3.05) is 46.4 Å². The minimum absolute atomic E-state index is 0.0180. The van der Waals surface area contributed by atoms with Gasteiger partial charge in [-0.05, 0) is 36.4 Å². The van der Waals surface area contributed by atoms with Crippen LogP contribution in [0.2, 0.25) is 5.02 Å². The Morgan fingerprint density at radius 3 is 2.37 bits per heavy atom. The van der Waals surface area contributed by atoms with E-state index in [1.54, 1.807) is 24.3 Å². The molecule has 0 unspecified atom stereocenters. The van der Waals surface area contributed by atoms with Crippen LogP contribution in [-0.4, -0.2) is 69.0 Å². The fourth-order valence-corrected chi connectivity index (χ4v) is 4.71. The van der Waals surface area contributed by atoms with Crippen molar-refractivity contribution in [2.45, 2.75) is 4.90 Å². The molecule has 30 heavy (non-hydrogen) atoms. The highest BCUT2D eigenvalue weighted by molar-refractivity contribution is 7.89. The van der Waals surface area contributed by atoms with Gasteiger partial charge in [0.25, 0.3) is 0 Å². The van der Waals surface area contributed by atoms with Gasteiger partial charge in [0.2, 0.25) is 10.0 Å². The van der Waals surface area contributed by atoms with E-state index in [4.69, 9.17) is 21.1 Å². The molecule has 0 amide bonds. The lowest BCUT2D eigenvalue weighted by atomic mass is 10.3. The van der Waals surface area contributed by atoms with Gasteiger partial charge in [-0.15, -0.1) is 0 Å². The molecule has 11 heteroatoms. The van der Waals surface area contributed by atoms with Gasteiger partial charge in [-0.2, -0.15) is 4.31 Å². The van der Waals surface area contributed by atoms with Gasteiger partial charge in [0.15, 0.2) is 5.75 Å². The molecule has 9 nitrogen and oxygen atoms in total. The summed E-state index contributed by atoms with van der Waals surface area (Å²) in [6.45, 7) is 2.80. The number of nitro benzene ring substituents is 1. The van der Waals surface area contributed by atoms with Crippen LogP contribution in [0.15, 0.2) is 47.4 Å². The lowest BCUT2D eigenvalue weighted by Crippen LogP contribution is -2.49. The van der Waals surface area contributed by atoms with Gasteiger partial charge in [0, 0.05) is 43.8 Å². The van der Waals surface area contributed by atoms with E-state index in [-0.39, 0.29) is 16.3 Å². The van der Waals surface area contributed by atoms with Crippen molar-refractivity contribution in [3.8, 4) is 11.5 Å². The van der Waals surface area contributed by atoms with E-state index in [0.29, 0.717) is 44.4 Å². The first-order chi connectivity index (χ1) is 14.3. The summed E-state index contributed by atoms with van der Waals surface area (Å²) in [6.07, 6.45) is 0. The number of hydrogen-bond acceptors (Lipinski definition) is 7. The minimum Gasteiger partial charge on any atom is -0.492 e. The number of nitro groups is 1. The van der Waals surface area contributed by atoms with Crippen LogP contribution in [0.25, 0.3) is 0 Å². The Morgan fingerprint density at radius 2 is 1.77 bits per heavy atom. The first-order valence-corrected chi connectivity index (χ1v) is 11.1. The van der Waals surface area contributed by atoms with Crippen LogP contribution in [-0.2, 0) is 10.0 Å². The highest BCUT2D eigenvalue weighted by Crippen LogP contribution is 2.30. The third-order valence-corrected chi connectivity index (χ3v) is 6.95. The molecular formula is C19H22ClN3O6S. The van der Waals surface area contributed by atoms with E-state index in [1.807, 2.05) is 0 Å². The van der Waals surface area contributed by atoms with Gasteiger partial charge < -0.3 is 9.47 Å². The summed E-state index contributed by atoms with van der Waals surface area (Å²) in [4.78, 5) is 12.5. The highest BCUT2D eigenvalue weighted by atomic mass is 35.5. The number of piperazine rings is 1. The third kappa shape index (κ3) is 5.20. The molecule has 0 aromatic heterocycles. The quantitative estimate of drug-likeness (QED) is 0.445. The van der Waals surface area contributed by atoms with Gasteiger partial charge in [0.05, 0.1) is 16.9 Å². The standard InChI is InChI=1S/C19H22ClN3O6S/c1-28-19-7-6-17(14-18(19)23(24)25)30(26,27)22-10-8-21(9-11-22)12-13-29-16-4-2-15(20)3-5-16/h2-7,14H,8-13H2,1H3. The van der Waals surface area contributed by atoms with Gasteiger partial charge in [-0.3, -0.25) is 15.0 Å². The lowest BCUT2D eigenvalue weighted by Gasteiger charge is -2.33. The van der Waals surface area contributed by atoms with E-state index < -0.39 is 14.9 Å². The average molecular weight is 456 g/mol. The second-order valence-corrected chi connectivity index (χ2v) is 9.01. The fraction of sp³-hybridized carbons (Fsp3) is 0.368. The molecule has 2 aromatic carbocycles. The summed E-state index contributed by atoms with van der Waals surface area (Å²) in [5, 5.41) is 11.8. The average Bonchev–Trinajstić information content (AvgIpc) is 2.75. The topological polar surface area (TPSA) is 102 Å². The Bertz CT molecular complexity index is 992. The monoisotopic (exact) mass is 455 g/mol. The van der Waals surface area contributed by atoms with Gasteiger partial charge >= 0.3 is 5.69 Å². The number of halogens is 1. The smallest absolute Gasteiger partial charge is 0.312 e. The summed E-state index contributed by atoms with van der Waals surface area (Å²) < 4.78 is 37.8. The van der Waals surface area contributed by atoms with Crippen LogP contribution in [0.5, 0.6) is 11.5 Å². The number of rotatable bonds is 8. The zero-order chi connectivity index (χ0) is 21.7. The first kappa shape index (κ1) is 22.3. The molecule has 0 radical (unpaired) electrons. The zero-order valence-electron chi connectivity index (χ0n) is 16.4. The second kappa shape index (κ2) is 9.61. The molecule has 1 heterocycles. The summed E-state index contributed by atoms with van der Waals surface area (Å²) in [7, 11) is -2.53. The summed E-state index contributed by atoms with van der Waals surface area (Å²) >= 11 is 5.84. The molecule has 0 atom stereocenters.